The summed E-state index contributed by atoms with van der Waals surface area (Å²) < 4.78 is 19.1. The zero-order valence-corrected chi connectivity index (χ0v) is 12.9. The minimum absolute atomic E-state index is 0. The molecule has 1 amide bonds. The average molecular weight is 356 g/mol. The summed E-state index contributed by atoms with van der Waals surface area (Å²) in [5.41, 5.74) is 5.42. The molecule has 1 atom stereocenters. The van der Waals surface area contributed by atoms with Crippen molar-refractivity contribution < 1.29 is 13.9 Å². The molecule has 0 fully saturated rings. The maximum absolute atomic E-state index is 13.4. The van der Waals surface area contributed by atoms with Crippen molar-refractivity contribution in [1.29, 1.82) is 0 Å². The van der Waals surface area contributed by atoms with Crippen molar-refractivity contribution in [2.24, 2.45) is 11.7 Å². The topological polar surface area (TPSA) is 64.3 Å². The van der Waals surface area contributed by atoms with Gasteiger partial charge in [0, 0.05) is 11.0 Å². The maximum atomic E-state index is 13.4. The van der Waals surface area contributed by atoms with Crippen molar-refractivity contribution in [2.45, 2.75) is 6.92 Å². The first kappa shape index (κ1) is 18.1. The highest BCUT2D eigenvalue weighted by Crippen LogP contribution is 2.21. The van der Waals surface area contributed by atoms with Crippen LogP contribution in [0.3, 0.4) is 0 Å². The molecule has 3 N–H and O–H groups in total. The number of carbonyl (C=O) groups is 1. The van der Waals surface area contributed by atoms with Gasteiger partial charge >= 0.3 is 0 Å². The Labute approximate surface area is 126 Å². The molecule has 0 heterocycles. The van der Waals surface area contributed by atoms with E-state index >= 15 is 0 Å². The van der Waals surface area contributed by atoms with Crippen LogP contribution in [0.2, 0.25) is 0 Å². The Morgan fingerprint density at radius 2 is 2.26 bits per heavy atom. The highest BCUT2D eigenvalue weighted by atomic mass is 79.9. The van der Waals surface area contributed by atoms with Gasteiger partial charge in [0.25, 0.3) is 5.91 Å². The number of nitrogens with one attached hydrogen (secondary N) is 1. The van der Waals surface area contributed by atoms with E-state index in [9.17, 15) is 9.18 Å². The monoisotopic (exact) mass is 354 g/mol. The molecule has 7 heteroatoms. The van der Waals surface area contributed by atoms with E-state index in [1.54, 1.807) is 6.07 Å². The van der Waals surface area contributed by atoms with Crippen molar-refractivity contribution in [1.82, 2.24) is 5.32 Å². The number of ether oxygens (including phenoxy) is 1. The van der Waals surface area contributed by atoms with Crippen LogP contribution in [0.15, 0.2) is 22.7 Å². The predicted octanol–water partition coefficient (Wildman–Crippen LogP) is 2.10. The van der Waals surface area contributed by atoms with Crippen LogP contribution in [0.25, 0.3) is 0 Å². The fraction of sp³-hybridized carbons (Fsp3) is 0.417. The number of benzene rings is 1. The Morgan fingerprint density at radius 3 is 2.84 bits per heavy atom. The Hall–Kier alpha value is -0.850. The molecule has 19 heavy (non-hydrogen) atoms. The molecule has 1 unspecified atom stereocenters. The minimum Gasteiger partial charge on any atom is -0.481 e. The van der Waals surface area contributed by atoms with Crippen LogP contribution in [0.4, 0.5) is 4.39 Å². The summed E-state index contributed by atoms with van der Waals surface area (Å²) in [5, 5.41) is 2.66. The molecular formula is C12H17BrClFN2O2. The van der Waals surface area contributed by atoms with Gasteiger partial charge in [-0.25, -0.2) is 4.39 Å². The first-order valence-corrected chi connectivity index (χ1v) is 6.37. The molecule has 0 aromatic heterocycles. The molecule has 0 aliphatic rings. The second-order valence-corrected chi connectivity index (χ2v) is 4.92. The highest BCUT2D eigenvalue weighted by Gasteiger charge is 2.08. The van der Waals surface area contributed by atoms with Crippen LogP contribution >= 0.6 is 28.3 Å². The van der Waals surface area contributed by atoms with Gasteiger partial charge in [0.1, 0.15) is 0 Å². The first-order chi connectivity index (χ1) is 8.52. The van der Waals surface area contributed by atoms with Crippen molar-refractivity contribution in [3.05, 3.63) is 28.5 Å². The van der Waals surface area contributed by atoms with Crippen molar-refractivity contribution in [3.8, 4) is 5.75 Å². The average Bonchev–Trinajstić information content (AvgIpc) is 2.34. The van der Waals surface area contributed by atoms with Gasteiger partial charge in [0.15, 0.2) is 18.2 Å². The van der Waals surface area contributed by atoms with Crippen LogP contribution in [-0.2, 0) is 4.79 Å². The number of rotatable bonds is 6. The van der Waals surface area contributed by atoms with E-state index in [1.165, 1.54) is 12.1 Å². The van der Waals surface area contributed by atoms with Gasteiger partial charge in [0.05, 0.1) is 0 Å². The Balaban J connectivity index is 0.00000324. The second-order valence-electron chi connectivity index (χ2n) is 4.01. The third-order valence-electron chi connectivity index (χ3n) is 2.30. The van der Waals surface area contributed by atoms with Crippen LogP contribution in [0.5, 0.6) is 5.75 Å². The molecule has 0 bridgehead atoms. The SMILES string of the molecule is CC(CN)CNC(=O)COc1ccc(Br)cc1F.Cl. The van der Waals surface area contributed by atoms with Gasteiger partial charge in [-0.05, 0) is 30.7 Å². The van der Waals surface area contributed by atoms with Gasteiger partial charge in [-0.3, -0.25) is 4.79 Å². The molecule has 1 aromatic rings. The van der Waals surface area contributed by atoms with Gasteiger partial charge < -0.3 is 15.8 Å². The van der Waals surface area contributed by atoms with E-state index in [0.29, 0.717) is 17.6 Å². The van der Waals surface area contributed by atoms with Crippen LogP contribution in [0.1, 0.15) is 6.92 Å². The quantitative estimate of drug-likeness (QED) is 0.821. The lowest BCUT2D eigenvalue weighted by Crippen LogP contribution is -2.34. The summed E-state index contributed by atoms with van der Waals surface area (Å²) in [4.78, 5) is 11.4. The zero-order chi connectivity index (χ0) is 13.5. The zero-order valence-electron chi connectivity index (χ0n) is 10.5. The van der Waals surface area contributed by atoms with E-state index < -0.39 is 5.82 Å². The third kappa shape index (κ3) is 6.75. The summed E-state index contributed by atoms with van der Waals surface area (Å²) in [6.45, 7) is 2.70. The summed E-state index contributed by atoms with van der Waals surface area (Å²) in [6.07, 6.45) is 0. The summed E-state index contributed by atoms with van der Waals surface area (Å²) in [7, 11) is 0. The molecule has 4 nitrogen and oxygen atoms in total. The van der Waals surface area contributed by atoms with Crippen molar-refractivity contribution >= 4 is 34.2 Å². The number of carbonyl (C=O) groups excluding carboxylic acids is 1. The molecule has 0 aliphatic carbocycles. The first-order valence-electron chi connectivity index (χ1n) is 5.57. The lowest BCUT2D eigenvalue weighted by Gasteiger charge is -2.11. The molecule has 0 saturated carbocycles. The molecule has 0 aliphatic heterocycles. The number of hydrogen-bond donors (Lipinski definition) is 2. The molecule has 108 valence electrons. The van der Waals surface area contributed by atoms with Gasteiger partial charge in [-0.1, -0.05) is 22.9 Å². The Bertz CT molecular complexity index is 421. The van der Waals surface area contributed by atoms with E-state index in [-0.39, 0.29) is 36.6 Å². The summed E-state index contributed by atoms with van der Waals surface area (Å²) in [5.74, 6) is -0.538. The second kappa shape index (κ2) is 9.12. The maximum Gasteiger partial charge on any atom is 0.257 e. The van der Waals surface area contributed by atoms with Crippen LogP contribution in [0, 0.1) is 11.7 Å². The lowest BCUT2D eigenvalue weighted by atomic mass is 10.2. The van der Waals surface area contributed by atoms with Gasteiger partial charge in [-0.2, -0.15) is 0 Å². The number of halogens is 3. The fourth-order valence-corrected chi connectivity index (χ4v) is 1.49. The summed E-state index contributed by atoms with van der Waals surface area (Å²) >= 11 is 3.14. The Kier molecular flexibility index (Phi) is 8.71. The normalized spacial score (nSPS) is 11.4. The molecule has 1 aromatic carbocycles. The summed E-state index contributed by atoms with van der Waals surface area (Å²) in [6, 6.07) is 4.39. The van der Waals surface area contributed by atoms with E-state index in [0.717, 1.165) is 0 Å². The van der Waals surface area contributed by atoms with E-state index in [4.69, 9.17) is 10.5 Å². The predicted molar refractivity (Wildman–Crippen MR) is 78.1 cm³/mol. The largest absolute Gasteiger partial charge is 0.481 e. The Morgan fingerprint density at radius 1 is 1.58 bits per heavy atom. The molecule has 0 radical (unpaired) electrons. The molecule has 0 spiro atoms. The fourth-order valence-electron chi connectivity index (χ4n) is 1.16. The molecular weight excluding hydrogens is 338 g/mol. The van der Waals surface area contributed by atoms with Gasteiger partial charge in [-0.15, -0.1) is 12.4 Å². The van der Waals surface area contributed by atoms with Crippen molar-refractivity contribution in [2.75, 3.05) is 19.7 Å². The number of amides is 1. The van der Waals surface area contributed by atoms with E-state index in [2.05, 4.69) is 21.2 Å². The van der Waals surface area contributed by atoms with Gasteiger partial charge in [0.2, 0.25) is 0 Å². The highest BCUT2D eigenvalue weighted by molar-refractivity contribution is 9.10. The molecule has 1 rings (SSSR count). The molecule has 0 saturated heterocycles. The minimum atomic E-state index is -0.507. The number of nitrogens with two attached hydrogens (primary N) is 1. The smallest absolute Gasteiger partial charge is 0.257 e. The van der Waals surface area contributed by atoms with Crippen molar-refractivity contribution in [3.63, 3.8) is 0 Å². The third-order valence-corrected chi connectivity index (χ3v) is 2.80. The van der Waals surface area contributed by atoms with E-state index in [1.807, 2.05) is 6.92 Å². The number of hydrogen-bond acceptors (Lipinski definition) is 3. The van der Waals surface area contributed by atoms with Crippen LogP contribution < -0.4 is 15.8 Å². The van der Waals surface area contributed by atoms with Crippen LogP contribution in [-0.4, -0.2) is 25.6 Å². The standard InChI is InChI=1S/C12H16BrFN2O2.ClH/c1-8(5-15)6-16-12(17)7-18-11-3-2-9(13)4-10(11)14;/h2-4,8H,5-7,15H2,1H3,(H,16,17);1H. The lowest BCUT2D eigenvalue weighted by molar-refractivity contribution is -0.123.